The average Bonchev–Trinajstić information content (AvgIpc) is 3.24. The van der Waals surface area contributed by atoms with Gasteiger partial charge in [0.1, 0.15) is 5.75 Å². The summed E-state index contributed by atoms with van der Waals surface area (Å²) < 4.78 is 32.1. The SMILES string of the molecule is N#Cc1ccc(OCC(=O)Nc2cc(S(=O)(=O)N3CCCC3)ccc2Cl)cc1. The number of hydrogen-bond donors (Lipinski definition) is 1. The highest BCUT2D eigenvalue weighted by Gasteiger charge is 2.27. The number of nitrogens with zero attached hydrogens (tertiary/aromatic N) is 2. The number of carbonyl (C=O) groups excluding carboxylic acids is 1. The van der Waals surface area contributed by atoms with Crippen LogP contribution in [0.15, 0.2) is 47.4 Å². The molecule has 1 aliphatic rings. The second-order valence-corrected chi connectivity index (χ2v) is 8.57. The van der Waals surface area contributed by atoms with Crippen molar-refractivity contribution in [2.24, 2.45) is 0 Å². The van der Waals surface area contributed by atoms with E-state index in [1.165, 1.54) is 22.5 Å². The number of benzene rings is 2. The molecule has 1 heterocycles. The van der Waals surface area contributed by atoms with E-state index < -0.39 is 15.9 Å². The summed E-state index contributed by atoms with van der Waals surface area (Å²) in [7, 11) is -3.61. The fourth-order valence-corrected chi connectivity index (χ4v) is 4.51. The van der Waals surface area contributed by atoms with Gasteiger partial charge in [0.15, 0.2) is 6.61 Å². The summed E-state index contributed by atoms with van der Waals surface area (Å²) in [4.78, 5) is 12.3. The predicted molar refractivity (Wildman–Crippen MR) is 105 cm³/mol. The monoisotopic (exact) mass is 419 g/mol. The maximum absolute atomic E-state index is 12.7. The first-order valence-electron chi connectivity index (χ1n) is 8.62. The number of nitrogens with one attached hydrogen (secondary N) is 1. The number of ether oxygens (including phenoxy) is 1. The van der Waals surface area contributed by atoms with E-state index in [-0.39, 0.29) is 22.2 Å². The molecule has 0 radical (unpaired) electrons. The Hall–Kier alpha value is -2.60. The van der Waals surface area contributed by atoms with Crippen LogP contribution in [0.4, 0.5) is 5.69 Å². The van der Waals surface area contributed by atoms with Gasteiger partial charge in [-0.3, -0.25) is 4.79 Å². The van der Waals surface area contributed by atoms with Crippen LogP contribution in [0.25, 0.3) is 0 Å². The van der Waals surface area contributed by atoms with E-state index in [4.69, 9.17) is 21.6 Å². The third-order valence-electron chi connectivity index (χ3n) is 4.27. The molecule has 3 rings (SSSR count). The van der Waals surface area contributed by atoms with Gasteiger partial charge in [0.2, 0.25) is 10.0 Å². The van der Waals surface area contributed by atoms with Crippen LogP contribution in [0.3, 0.4) is 0 Å². The van der Waals surface area contributed by atoms with Crippen molar-refractivity contribution in [2.75, 3.05) is 25.0 Å². The van der Waals surface area contributed by atoms with E-state index in [1.54, 1.807) is 24.3 Å². The first kappa shape index (κ1) is 20.1. The second kappa shape index (κ2) is 8.61. The molecule has 0 aromatic heterocycles. The molecule has 1 aliphatic heterocycles. The van der Waals surface area contributed by atoms with Gasteiger partial charge in [-0.25, -0.2) is 8.42 Å². The topological polar surface area (TPSA) is 99.5 Å². The van der Waals surface area contributed by atoms with Crippen molar-refractivity contribution in [3.8, 4) is 11.8 Å². The van der Waals surface area contributed by atoms with E-state index in [1.807, 2.05) is 6.07 Å². The van der Waals surface area contributed by atoms with Crippen molar-refractivity contribution < 1.29 is 17.9 Å². The van der Waals surface area contributed by atoms with Gasteiger partial charge in [-0.15, -0.1) is 0 Å². The number of rotatable bonds is 6. The molecule has 1 amide bonds. The van der Waals surface area contributed by atoms with Gasteiger partial charge in [-0.1, -0.05) is 11.6 Å². The Bertz CT molecular complexity index is 1010. The lowest BCUT2D eigenvalue weighted by Gasteiger charge is -2.17. The number of carbonyl (C=O) groups is 1. The third-order valence-corrected chi connectivity index (χ3v) is 6.49. The highest BCUT2D eigenvalue weighted by Crippen LogP contribution is 2.28. The van der Waals surface area contributed by atoms with Crippen molar-refractivity contribution in [1.29, 1.82) is 5.26 Å². The zero-order valence-corrected chi connectivity index (χ0v) is 16.5. The summed E-state index contributed by atoms with van der Waals surface area (Å²) in [5.41, 5.74) is 0.690. The van der Waals surface area contributed by atoms with Gasteiger partial charge >= 0.3 is 0 Å². The molecule has 9 heteroatoms. The molecule has 0 unspecified atom stereocenters. The van der Waals surface area contributed by atoms with Gasteiger partial charge in [0.05, 0.1) is 27.2 Å². The number of amides is 1. The smallest absolute Gasteiger partial charge is 0.262 e. The van der Waals surface area contributed by atoms with Gasteiger partial charge in [-0.2, -0.15) is 9.57 Å². The molecule has 146 valence electrons. The molecule has 28 heavy (non-hydrogen) atoms. The Kier molecular flexibility index (Phi) is 6.19. The van der Waals surface area contributed by atoms with Crippen molar-refractivity contribution >= 4 is 33.2 Å². The van der Waals surface area contributed by atoms with E-state index >= 15 is 0 Å². The van der Waals surface area contributed by atoms with Crippen molar-refractivity contribution in [3.05, 3.63) is 53.1 Å². The van der Waals surface area contributed by atoms with Crippen molar-refractivity contribution in [1.82, 2.24) is 4.31 Å². The summed E-state index contributed by atoms with van der Waals surface area (Å²) in [5, 5.41) is 11.6. The minimum atomic E-state index is -3.61. The largest absolute Gasteiger partial charge is 0.484 e. The first-order valence-corrected chi connectivity index (χ1v) is 10.4. The molecule has 0 spiro atoms. The molecular formula is C19H18ClN3O4S. The summed E-state index contributed by atoms with van der Waals surface area (Å²) >= 11 is 6.11. The Labute approximate surface area is 168 Å². The molecule has 2 aromatic rings. The minimum Gasteiger partial charge on any atom is -0.484 e. The average molecular weight is 420 g/mol. The zero-order valence-electron chi connectivity index (χ0n) is 14.9. The van der Waals surface area contributed by atoms with Crippen LogP contribution in [0, 0.1) is 11.3 Å². The van der Waals surface area contributed by atoms with Crippen LogP contribution in [-0.2, 0) is 14.8 Å². The van der Waals surface area contributed by atoms with E-state index in [9.17, 15) is 13.2 Å². The molecule has 1 fully saturated rings. The van der Waals surface area contributed by atoms with Gasteiger partial charge < -0.3 is 10.1 Å². The Morgan fingerprint density at radius 1 is 1.18 bits per heavy atom. The Morgan fingerprint density at radius 3 is 2.50 bits per heavy atom. The molecule has 0 atom stereocenters. The Balaban J connectivity index is 1.67. The Morgan fingerprint density at radius 2 is 1.86 bits per heavy atom. The van der Waals surface area contributed by atoms with Crippen LogP contribution in [0.1, 0.15) is 18.4 Å². The summed E-state index contributed by atoms with van der Waals surface area (Å²) in [5.74, 6) is -0.0485. The number of sulfonamides is 1. The van der Waals surface area contributed by atoms with Crippen molar-refractivity contribution in [3.63, 3.8) is 0 Å². The maximum atomic E-state index is 12.7. The van der Waals surface area contributed by atoms with Gasteiger partial charge in [0, 0.05) is 13.1 Å². The molecule has 1 saturated heterocycles. The molecule has 0 bridgehead atoms. The van der Waals surface area contributed by atoms with Crippen LogP contribution < -0.4 is 10.1 Å². The fraction of sp³-hybridized carbons (Fsp3) is 0.263. The standard InChI is InChI=1S/C19H18ClN3O4S/c20-17-8-7-16(28(25,26)23-9-1-2-10-23)11-18(17)22-19(24)13-27-15-5-3-14(12-21)4-6-15/h3-8,11H,1-2,9-10,13H2,(H,22,24). The highest BCUT2D eigenvalue weighted by atomic mass is 35.5. The van der Waals surface area contributed by atoms with Gasteiger partial charge in [-0.05, 0) is 55.3 Å². The highest BCUT2D eigenvalue weighted by molar-refractivity contribution is 7.89. The third kappa shape index (κ3) is 4.62. The number of hydrogen-bond acceptors (Lipinski definition) is 5. The minimum absolute atomic E-state index is 0.0853. The maximum Gasteiger partial charge on any atom is 0.262 e. The lowest BCUT2D eigenvalue weighted by Crippen LogP contribution is -2.28. The molecule has 7 nitrogen and oxygen atoms in total. The molecular weight excluding hydrogens is 402 g/mol. The number of anilines is 1. The summed E-state index contributed by atoms with van der Waals surface area (Å²) in [6.07, 6.45) is 1.67. The van der Waals surface area contributed by atoms with Crippen LogP contribution in [-0.4, -0.2) is 38.3 Å². The van der Waals surface area contributed by atoms with Crippen LogP contribution >= 0.6 is 11.6 Å². The van der Waals surface area contributed by atoms with E-state index in [0.717, 1.165) is 12.8 Å². The van der Waals surface area contributed by atoms with E-state index in [0.29, 0.717) is 24.4 Å². The normalized spacial score (nSPS) is 14.4. The van der Waals surface area contributed by atoms with Gasteiger partial charge in [0.25, 0.3) is 5.91 Å². The lowest BCUT2D eigenvalue weighted by atomic mass is 10.2. The fourth-order valence-electron chi connectivity index (χ4n) is 2.80. The quantitative estimate of drug-likeness (QED) is 0.775. The molecule has 0 saturated carbocycles. The van der Waals surface area contributed by atoms with Crippen LogP contribution in [0.5, 0.6) is 5.75 Å². The second-order valence-electron chi connectivity index (χ2n) is 6.23. The lowest BCUT2D eigenvalue weighted by molar-refractivity contribution is -0.118. The number of nitriles is 1. The summed E-state index contributed by atoms with van der Waals surface area (Å²) in [6, 6.07) is 12.6. The van der Waals surface area contributed by atoms with Crippen molar-refractivity contribution in [2.45, 2.75) is 17.7 Å². The molecule has 2 aromatic carbocycles. The van der Waals surface area contributed by atoms with Crippen LogP contribution in [0.2, 0.25) is 5.02 Å². The molecule has 0 aliphatic carbocycles. The number of halogens is 1. The van der Waals surface area contributed by atoms with E-state index in [2.05, 4.69) is 5.32 Å². The predicted octanol–water partition coefficient (Wildman–Crippen LogP) is 3.01. The molecule has 1 N–H and O–H groups in total. The summed E-state index contributed by atoms with van der Waals surface area (Å²) in [6.45, 7) is 0.696. The first-order chi connectivity index (χ1) is 13.4. The zero-order chi connectivity index (χ0) is 20.1.